The van der Waals surface area contributed by atoms with Crippen LogP contribution in [0.5, 0.6) is 11.5 Å². The molecule has 1 atom stereocenters. The van der Waals surface area contributed by atoms with Crippen LogP contribution in [0.25, 0.3) is 10.9 Å². The first-order valence-corrected chi connectivity index (χ1v) is 9.43. The summed E-state index contributed by atoms with van der Waals surface area (Å²) in [7, 11) is 1.61. The zero-order valence-corrected chi connectivity index (χ0v) is 16.4. The van der Waals surface area contributed by atoms with Crippen molar-refractivity contribution in [2.75, 3.05) is 12.4 Å². The zero-order valence-electron chi connectivity index (χ0n) is 15.7. The molecule has 1 heterocycles. The van der Waals surface area contributed by atoms with E-state index in [1.165, 1.54) is 6.07 Å². The molecule has 2 N–H and O–H groups in total. The third-order valence-corrected chi connectivity index (χ3v) is 5.00. The molecular weight excluding hydrogens is 388 g/mol. The molecule has 4 aromatic rings. The molecule has 3 aromatic carbocycles. The van der Waals surface area contributed by atoms with Gasteiger partial charge < -0.3 is 15.2 Å². The highest BCUT2D eigenvalue weighted by Gasteiger charge is 2.18. The standard InChI is InChI=1S/C23H19ClN2O3/c1-29-20-10-2-15(3-11-20)23(25-18-7-5-17(24)6-8-18)26-21-12-9-19(27)14-16(21)4-13-22(26)28/h2-14,23,25,27H,1H3. The van der Waals surface area contributed by atoms with Gasteiger partial charge in [-0.25, -0.2) is 0 Å². The first kappa shape index (κ1) is 18.9. The minimum absolute atomic E-state index is 0.148. The van der Waals surface area contributed by atoms with Crippen molar-refractivity contribution in [1.29, 1.82) is 0 Å². The molecule has 0 aliphatic carbocycles. The van der Waals surface area contributed by atoms with Crippen molar-refractivity contribution in [2.24, 2.45) is 0 Å². The van der Waals surface area contributed by atoms with Crippen LogP contribution in [0.15, 0.2) is 83.7 Å². The van der Waals surface area contributed by atoms with Gasteiger partial charge in [0.15, 0.2) is 0 Å². The predicted molar refractivity (Wildman–Crippen MR) is 116 cm³/mol. The number of hydrogen-bond donors (Lipinski definition) is 2. The molecule has 0 aliphatic rings. The molecule has 146 valence electrons. The lowest BCUT2D eigenvalue weighted by molar-refractivity contribution is 0.414. The minimum atomic E-state index is -0.483. The molecule has 1 aromatic heterocycles. The van der Waals surface area contributed by atoms with E-state index in [0.29, 0.717) is 10.5 Å². The number of fused-ring (bicyclic) bond motifs is 1. The number of halogens is 1. The van der Waals surface area contributed by atoms with Gasteiger partial charge in [-0.3, -0.25) is 9.36 Å². The third kappa shape index (κ3) is 3.91. The lowest BCUT2D eigenvalue weighted by Crippen LogP contribution is -2.30. The molecule has 0 bridgehead atoms. The normalized spacial score (nSPS) is 11.9. The van der Waals surface area contributed by atoms with E-state index in [4.69, 9.17) is 16.3 Å². The lowest BCUT2D eigenvalue weighted by Gasteiger charge is -2.25. The second-order valence-electron chi connectivity index (χ2n) is 6.61. The summed E-state index contributed by atoms with van der Waals surface area (Å²) >= 11 is 6.01. The highest BCUT2D eigenvalue weighted by molar-refractivity contribution is 6.30. The lowest BCUT2D eigenvalue weighted by atomic mass is 10.1. The Bertz CT molecular complexity index is 1200. The maximum atomic E-state index is 12.9. The predicted octanol–water partition coefficient (Wildman–Crippen LogP) is 5.03. The van der Waals surface area contributed by atoms with Crippen molar-refractivity contribution >= 4 is 28.2 Å². The van der Waals surface area contributed by atoms with E-state index in [2.05, 4.69) is 5.32 Å². The van der Waals surface area contributed by atoms with Gasteiger partial charge in [-0.2, -0.15) is 0 Å². The number of nitrogens with zero attached hydrogens (tertiary/aromatic N) is 1. The van der Waals surface area contributed by atoms with E-state index < -0.39 is 6.17 Å². The summed E-state index contributed by atoms with van der Waals surface area (Å²) in [6.07, 6.45) is -0.483. The topological polar surface area (TPSA) is 63.5 Å². The summed E-state index contributed by atoms with van der Waals surface area (Å²) in [5, 5.41) is 14.7. The maximum absolute atomic E-state index is 12.9. The number of aromatic hydroxyl groups is 1. The van der Waals surface area contributed by atoms with Crippen LogP contribution < -0.4 is 15.6 Å². The first-order valence-electron chi connectivity index (χ1n) is 9.05. The molecule has 6 heteroatoms. The Morgan fingerprint density at radius 3 is 2.38 bits per heavy atom. The van der Waals surface area contributed by atoms with Gasteiger partial charge in [0.1, 0.15) is 17.7 Å². The van der Waals surface area contributed by atoms with E-state index in [0.717, 1.165) is 22.4 Å². The molecule has 5 nitrogen and oxygen atoms in total. The number of pyridine rings is 1. The molecular formula is C23H19ClN2O3. The van der Waals surface area contributed by atoms with Crippen LogP contribution in [0.4, 0.5) is 5.69 Å². The molecule has 0 aliphatic heterocycles. The average molecular weight is 407 g/mol. The summed E-state index contributed by atoms with van der Waals surface area (Å²) in [6.45, 7) is 0. The molecule has 4 rings (SSSR count). The molecule has 1 unspecified atom stereocenters. The number of nitrogens with one attached hydrogen (secondary N) is 1. The number of rotatable bonds is 5. The summed E-state index contributed by atoms with van der Waals surface area (Å²) in [5.74, 6) is 0.878. The van der Waals surface area contributed by atoms with E-state index in [-0.39, 0.29) is 11.3 Å². The Labute approximate surface area is 172 Å². The number of anilines is 1. The van der Waals surface area contributed by atoms with Crippen LogP contribution >= 0.6 is 11.6 Å². The van der Waals surface area contributed by atoms with Crippen molar-refractivity contribution in [1.82, 2.24) is 4.57 Å². The van der Waals surface area contributed by atoms with Crippen LogP contribution in [-0.4, -0.2) is 16.8 Å². The molecule has 29 heavy (non-hydrogen) atoms. The number of phenolic OH excluding ortho intramolecular Hbond substituents is 1. The maximum Gasteiger partial charge on any atom is 0.252 e. The highest BCUT2D eigenvalue weighted by Crippen LogP contribution is 2.27. The Morgan fingerprint density at radius 1 is 0.966 bits per heavy atom. The quantitative estimate of drug-likeness (QED) is 0.488. The van der Waals surface area contributed by atoms with Gasteiger partial charge >= 0.3 is 0 Å². The Kier molecular flexibility index (Phi) is 5.14. The largest absolute Gasteiger partial charge is 0.508 e. The zero-order chi connectivity index (χ0) is 20.4. The van der Waals surface area contributed by atoms with Gasteiger partial charge in [-0.05, 0) is 66.2 Å². The highest BCUT2D eigenvalue weighted by atomic mass is 35.5. The van der Waals surface area contributed by atoms with Crippen molar-refractivity contribution in [2.45, 2.75) is 6.17 Å². The minimum Gasteiger partial charge on any atom is -0.508 e. The molecule has 0 saturated heterocycles. The van der Waals surface area contributed by atoms with Gasteiger partial charge in [0.2, 0.25) is 0 Å². The Hall–Kier alpha value is -3.44. The fourth-order valence-electron chi connectivity index (χ4n) is 3.31. The number of benzene rings is 3. The Morgan fingerprint density at radius 2 is 1.69 bits per heavy atom. The summed E-state index contributed by atoms with van der Waals surface area (Å²) < 4.78 is 6.93. The second-order valence-corrected chi connectivity index (χ2v) is 7.05. The second kappa shape index (κ2) is 7.89. The van der Waals surface area contributed by atoms with Gasteiger partial charge in [0.05, 0.1) is 12.6 Å². The van der Waals surface area contributed by atoms with Gasteiger partial charge in [-0.1, -0.05) is 23.7 Å². The average Bonchev–Trinajstić information content (AvgIpc) is 2.74. The van der Waals surface area contributed by atoms with Crippen molar-refractivity contribution in [3.8, 4) is 11.5 Å². The number of hydrogen-bond acceptors (Lipinski definition) is 4. The fraction of sp³-hybridized carbons (Fsp3) is 0.0870. The van der Waals surface area contributed by atoms with Crippen LogP contribution in [-0.2, 0) is 0 Å². The van der Waals surface area contributed by atoms with Crippen LogP contribution in [0, 0.1) is 0 Å². The number of methoxy groups -OCH3 is 1. The van der Waals surface area contributed by atoms with Crippen molar-refractivity contribution in [3.63, 3.8) is 0 Å². The molecule has 0 fully saturated rings. The SMILES string of the molecule is COc1ccc(C(Nc2ccc(Cl)cc2)n2c(=O)ccc3cc(O)ccc32)cc1. The number of ether oxygens (including phenoxy) is 1. The molecule has 0 spiro atoms. The van der Waals surface area contributed by atoms with Crippen molar-refractivity contribution < 1.29 is 9.84 Å². The third-order valence-electron chi connectivity index (χ3n) is 4.75. The fourth-order valence-corrected chi connectivity index (χ4v) is 3.43. The number of phenols is 1. The molecule has 0 amide bonds. The summed E-state index contributed by atoms with van der Waals surface area (Å²) in [4.78, 5) is 12.9. The number of aromatic nitrogens is 1. The van der Waals surface area contributed by atoms with Crippen LogP contribution in [0.1, 0.15) is 11.7 Å². The summed E-state index contributed by atoms with van der Waals surface area (Å²) in [6, 6.07) is 23.0. The van der Waals surface area contributed by atoms with Crippen LogP contribution in [0.3, 0.4) is 0 Å². The first-order chi connectivity index (χ1) is 14.0. The van der Waals surface area contributed by atoms with E-state index >= 15 is 0 Å². The van der Waals surface area contributed by atoms with E-state index in [9.17, 15) is 9.90 Å². The van der Waals surface area contributed by atoms with Gasteiger partial charge in [0, 0.05) is 22.2 Å². The van der Waals surface area contributed by atoms with E-state index in [1.807, 2.05) is 36.4 Å². The van der Waals surface area contributed by atoms with Crippen LogP contribution in [0.2, 0.25) is 5.02 Å². The summed E-state index contributed by atoms with van der Waals surface area (Å²) in [5.41, 5.74) is 2.24. The Balaban J connectivity index is 1.89. The molecule has 0 saturated carbocycles. The van der Waals surface area contributed by atoms with E-state index in [1.54, 1.807) is 48.1 Å². The monoisotopic (exact) mass is 406 g/mol. The van der Waals surface area contributed by atoms with Crippen molar-refractivity contribution in [3.05, 3.63) is 99.8 Å². The molecule has 0 radical (unpaired) electrons. The smallest absolute Gasteiger partial charge is 0.252 e. The van der Waals surface area contributed by atoms with Gasteiger partial charge in [-0.15, -0.1) is 0 Å². The van der Waals surface area contributed by atoms with Gasteiger partial charge in [0.25, 0.3) is 5.56 Å².